The Morgan fingerprint density at radius 2 is 2.15 bits per heavy atom. The highest BCUT2D eigenvalue weighted by molar-refractivity contribution is 7.93. The lowest BCUT2D eigenvalue weighted by Gasteiger charge is -2.17. The van der Waals surface area contributed by atoms with E-state index in [9.17, 15) is 8.42 Å². The lowest BCUT2D eigenvalue weighted by atomic mass is 10.1. The molecule has 0 atom stereocenters. The Balaban J connectivity index is 2.46. The molecule has 20 heavy (non-hydrogen) atoms. The second-order valence-corrected chi connectivity index (χ2v) is 7.37. The van der Waals surface area contributed by atoms with Gasteiger partial charge >= 0.3 is 0 Å². The molecule has 0 spiro atoms. The average Bonchev–Trinajstić information content (AvgIpc) is 2.94. The minimum Gasteiger partial charge on any atom is -0.243 e. The highest BCUT2D eigenvalue weighted by atomic mass is 35.5. The standard InChI is InChI=1S/C12H14ClN3O2S2/c1-3-4-9-5-6-10(13)11(7-9)20(17,18)16(2)12-15-14-8-19-12/h5-8H,3-4H2,1-2H3. The van der Waals surface area contributed by atoms with Crippen molar-refractivity contribution in [2.75, 3.05) is 11.4 Å². The molecule has 0 unspecified atom stereocenters. The Labute approximate surface area is 127 Å². The quantitative estimate of drug-likeness (QED) is 0.845. The van der Waals surface area contributed by atoms with Crippen molar-refractivity contribution in [3.8, 4) is 0 Å². The molecule has 0 saturated heterocycles. The highest BCUT2D eigenvalue weighted by Crippen LogP contribution is 2.29. The van der Waals surface area contributed by atoms with Crippen molar-refractivity contribution < 1.29 is 8.42 Å². The predicted octanol–water partition coefficient (Wildman–Crippen LogP) is 2.97. The SMILES string of the molecule is CCCc1ccc(Cl)c(S(=O)(=O)N(C)c2nncs2)c1. The molecule has 0 aliphatic rings. The number of hydrogen-bond acceptors (Lipinski definition) is 5. The van der Waals surface area contributed by atoms with Crippen LogP contribution in [0.3, 0.4) is 0 Å². The summed E-state index contributed by atoms with van der Waals surface area (Å²) in [5, 5.41) is 7.93. The van der Waals surface area contributed by atoms with Gasteiger partial charge in [0.15, 0.2) is 0 Å². The van der Waals surface area contributed by atoms with Gasteiger partial charge in [-0.3, -0.25) is 0 Å². The lowest BCUT2D eigenvalue weighted by molar-refractivity contribution is 0.594. The van der Waals surface area contributed by atoms with Crippen molar-refractivity contribution in [1.82, 2.24) is 10.2 Å². The third-order valence-corrected chi connectivity index (χ3v) is 5.90. The molecule has 1 aromatic heterocycles. The largest absolute Gasteiger partial charge is 0.267 e. The fraction of sp³-hybridized carbons (Fsp3) is 0.333. The fourth-order valence-corrected chi connectivity index (χ4v) is 4.16. The molecule has 1 heterocycles. The molecule has 0 fully saturated rings. The van der Waals surface area contributed by atoms with E-state index in [2.05, 4.69) is 10.2 Å². The van der Waals surface area contributed by atoms with Gasteiger partial charge in [-0.1, -0.05) is 42.3 Å². The Bertz CT molecular complexity index is 687. The number of aromatic nitrogens is 2. The molecule has 0 aliphatic carbocycles. The fourth-order valence-electron chi connectivity index (χ4n) is 1.74. The van der Waals surface area contributed by atoms with Gasteiger partial charge in [0.1, 0.15) is 10.4 Å². The zero-order valence-corrected chi connectivity index (χ0v) is 13.5. The molecule has 2 rings (SSSR count). The maximum absolute atomic E-state index is 12.6. The van der Waals surface area contributed by atoms with E-state index in [1.54, 1.807) is 12.1 Å². The van der Waals surface area contributed by atoms with Crippen LogP contribution >= 0.6 is 22.9 Å². The lowest BCUT2D eigenvalue weighted by Crippen LogP contribution is -2.26. The third kappa shape index (κ3) is 2.94. The maximum atomic E-state index is 12.6. The normalized spacial score (nSPS) is 11.6. The van der Waals surface area contributed by atoms with Crippen LogP contribution in [0.25, 0.3) is 0 Å². The summed E-state index contributed by atoms with van der Waals surface area (Å²) in [6.07, 6.45) is 1.75. The Morgan fingerprint density at radius 1 is 1.40 bits per heavy atom. The summed E-state index contributed by atoms with van der Waals surface area (Å²) in [4.78, 5) is 0.0998. The minimum absolute atomic E-state index is 0.0998. The van der Waals surface area contributed by atoms with E-state index in [1.807, 2.05) is 13.0 Å². The number of hydrogen-bond donors (Lipinski definition) is 0. The molecule has 0 N–H and O–H groups in total. The molecule has 2 aromatic rings. The van der Waals surface area contributed by atoms with Crippen LogP contribution in [0, 0.1) is 0 Å². The van der Waals surface area contributed by atoms with Crippen LogP contribution in [-0.2, 0) is 16.4 Å². The van der Waals surface area contributed by atoms with Crippen LogP contribution in [0.2, 0.25) is 5.02 Å². The summed E-state index contributed by atoms with van der Waals surface area (Å²) in [5.74, 6) is 0. The van der Waals surface area contributed by atoms with Crippen LogP contribution in [0.15, 0.2) is 28.6 Å². The van der Waals surface area contributed by atoms with Gasteiger partial charge in [0.25, 0.3) is 10.0 Å². The molecule has 0 saturated carbocycles. The monoisotopic (exact) mass is 331 g/mol. The minimum atomic E-state index is -3.72. The van der Waals surface area contributed by atoms with Crippen molar-refractivity contribution in [2.45, 2.75) is 24.7 Å². The van der Waals surface area contributed by atoms with Crippen LogP contribution in [0.4, 0.5) is 5.13 Å². The van der Waals surface area contributed by atoms with Gasteiger partial charge in [-0.15, -0.1) is 10.2 Å². The third-order valence-electron chi connectivity index (χ3n) is 2.79. The molecule has 1 aromatic carbocycles. The first-order valence-electron chi connectivity index (χ1n) is 6.00. The molecule has 0 bridgehead atoms. The average molecular weight is 332 g/mol. The first kappa shape index (κ1) is 15.2. The number of anilines is 1. The van der Waals surface area contributed by atoms with Gasteiger partial charge in [0, 0.05) is 7.05 Å². The summed E-state index contributed by atoms with van der Waals surface area (Å²) in [7, 11) is -2.28. The van der Waals surface area contributed by atoms with Crippen LogP contribution in [-0.4, -0.2) is 25.7 Å². The molecular formula is C12H14ClN3O2S2. The molecule has 108 valence electrons. The van der Waals surface area contributed by atoms with Gasteiger partial charge in [-0.2, -0.15) is 0 Å². The first-order valence-corrected chi connectivity index (χ1v) is 8.70. The summed E-state index contributed by atoms with van der Waals surface area (Å²) >= 11 is 7.20. The Kier molecular flexibility index (Phi) is 4.62. The van der Waals surface area contributed by atoms with Crippen LogP contribution < -0.4 is 4.31 Å². The van der Waals surface area contributed by atoms with Gasteiger partial charge < -0.3 is 0 Å². The van der Waals surface area contributed by atoms with Gasteiger partial charge in [0.05, 0.1) is 5.02 Å². The molecule has 5 nitrogen and oxygen atoms in total. The maximum Gasteiger partial charge on any atom is 0.267 e. The summed E-state index contributed by atoms with van der Waals surface area (Å²) in [6, 6.07) is 5.09. The molecule has 8 heteroatoms. The van der Waals surface area contributed by atoms with Gasteiger partial charge in [0.2, 0.25) is 5.13 Å². The van der Waals surface area contributed by atoms with Crippen molar-refractivity contribution in [3.63, 3.8) is 0 Å². The van der Waals surface area contributed by atoms with Crippen molar-refractivity contribution in [3.05, 3.63) is 34.3 Å². The summed E-state index contributed by atoms with van der Waals surface area (Å²) in [6.45, 7) is 2.04. The van der Waals surface area contributed by atoms with Crippen LogP contribution in [0.1, 0.15) is 18.9 Å². The van der Waals surface area contributed by atoms with Gasteiger partial charge in [-0.05, 0) is 24.1 Å². The number of sulfonamides is 1. The molecular weight excluding hydrogens is 318 g/mol. The van der Waals surface area contributed by atoms with Crippen molar-refractivity contribution in [2.24, 2.45) is 0 Å². The second kappa shape index (κ2) is 6.07. The zero-order chi connectivity index (χ0) is 14.8. The number of halogens is 1. The van der Waals surface area contributed by atoms with Crippen LogP contribution in [0.5, 0.6) is 0 Å². The smallest absolute Gasteiger partial charge is 0.243 e. The molecule has 0 radical (unpaired) electrons. The number of nitrogens with zero attached hydrogens (tertiary/aromatic N) is 3. The second-order valence-electron chi connectivity index (χ2n) is 4.21. The number of rotatable bonds is 5. The van der Waals surface area contributed by atoms with E-state index < -0.39 is 10.0 Å². The van der Waals surface area contributed by atoms with E-state index in [-0.39, 0.29) is 9.92 Å². The van der Waals surface area contributed by atoms with Crippen molar-refractivity contribution >= 4 is 38.1 Å². The zero-order valence-electron chi connectivity index (χ0n) is 11.1. The number of benzene rings is 1. The Hall–Kier alpha value is -1.18. The summed E-state index contributed by atoms with van der Waals surface area (Å²) < 4.78 is 26.3. The molecule has 0 aliphatic heterocycles. The van der Waals surface area contributed by atoms with Gasteiger partial charge in [-0.25, -0.2) is 12.7 Å². The van der Waals surface area contributed by atoms with E-state index >= 15 is 0 Å². The Morgan fingerprint density at radius 3 is 2.75 bits per heavy atom. The topological polar surface area (TPSA) is 63.2 Å². The van der Waals surface area contributed by atoms with E-state index in [0.717, 1.165) is 34.0 Å². The van der Waals surface area contributed by atoms with Crippen molar-refractivity contribution in [1.29, 1.82) is 0 Å². The summed E-state index contributed by atoms with van der Waals surface area (Å²) in [5.41, 5.74) is 2.43. The van der Waals surface area contributed by atoms with E-state index in [0.29, 0.717) is 5.13 Å². The van der Waals surface area contributed by atoms with E-state index in [4.69, 9.17) is 11.6 Å². The highest BCUT2D eigenvalue weighted by Gasteiger charge is 2.26. The van der Waals surface area contributed by atoms with E-state index in [1.165, 1.54) is 12.6 Å². The molecule has 0 amide bonds. The predicted molar refractivity (Wildman–Crippen MR) is 80.9 cm³/mol. The first-order chi connectivity index (χ1) is 9.46. The number of aryl methyl sites for hydroxylation is 1.